The van der Waals surface area contributed by atoms with Gasteiger partial charge in [-0.15, -0.1) is 0 Å². The Morgan fingerprint density at radius 3 is 2.36 bits per heavy atom. The summed E-state index contributed by atoms with van der Waals surface area (Å²) in [6.45, 7) is 2.04. The molecule has 2 rings (SSSR count). The maximum Gasteiger partial charge on any atom is 0.224 e. The van der Waals surface area contributed by atoms with Crippen molar-refractivity contribution < 1.29 is 9.59 Å². The summed E-state index contributed by atoms with van der Waals surface area (Å²) in [5, 5.41) is 2.88. The summed E-state index contributed by atoms with van der Waals surface area (Å²) in [4.78, 5) is 24.0. The Labute approximate surface area is 138 Å². The Kier molecular flexibility index (Phi) is 5.90. The van der Waals surface area contributed by atoms with Crippen LogP contribution >= 0.6 is 15.9 Å². The summed E-state index contributed by atoms with van der Waals surface area (Å²) in [6.07, 6.45) is 1.25. The molecular weight excluding hydrogens is 342 g/mol. The summed E-state index contributed by atoms with van der Waals surface area (Å²) in [6, 6.07) is 14.9. The molecular formula is C18H18BrNO2. The summed E-state index contributed by atoms with van der Waals surface area (Å²) < 4.78 is 0.929. The first-order valence-corrected chi connectivity index (χ1v) is 8.06. The van der Waals surface area contributed by atoms with Crippen LogP contribution in [0.1, 0.15) is 35.7 Å². The smallest absolute Gasteiger partial charge is 0.224 e. The van der Waals surface area contributed by atoms with Gasteiger partial charge in [-0.1, -0.05) is 53.2 Å². The van der Waals surface area contributed by atoms with Gasteiger partial charge in [0.2, 0.25) is 5.91 Å². The minimum Gasteiger partial charge on any atom is -0.326 e. The average molecular weight is 360 g/mol. The highest BCUT2D eigenvalue weighted by molar-refractivity contribution is 9.10. The van der Waals surface area contributed by atoms with Crippen LogP contribution in [0.5, 0.6) is 0 Å². The molecule has 0 spiro atoms. The van der Waals surface area contributed by atoms with E-state index in [1.54, 1.807) is 12.1 Å². The van der Waals surface area contributed by atoms with E-state index in [0.29, 0.717) is 5.56 Å². The summed E-state index contributed by atoms with van der Waals surface area (Å²) in [7, 11) is 0. The molecule has 3 nitrogen and oxygen atoms in total. The number of carbonyl (C=O) groups is 2. The van der Waals surface area contributed by atoms with E-state index in [-0.39, 0.29) is 24.5 Å². The Morgan fingerprint density at radius 1 is 1.00 bits per heavy atom. The topological polar surface area (TPSA) is 46.2 Å². The standard InChI is InChI=1S/C18H18BrNO2/c1-2-13-5-3-4-6-16(13)20-18(22)12-11-17(21)14-7-9-15(19)10-8-14/h3-10H,2,11-12H2,1H3,(H,20,22). The lowest BCUT2D eigenvalue weighted by molar-refractivity contribution is -0.116. The number of aryl methyl sites for hydroxylation is 1. The van der Waals surface area contributed by atoms with Crippen LogP contribution in [0, 0.1) is 0 Å². The van der Waals surface area contributed by atoms with Crippen molar-refractivity contribution in [1.29, 1.82) is 0 Å². The number of hydrogen-bond donors (Lipinski definition) is 1. The number of carbonyl (C=O) groups excluding carboxylic acids is 2. The van der Waals surface area contributed by atoms with Gasteiger partial charge in [-0.05, 0) is 30.2 Å². The molecule has 0 atom stereocenters. The zero-order valence-corrected chi connectivity index (χ0v) is 14.0. The SMILES string of the molecule is CCc1ccccc1NC(=O)CCC(=O)c1ccc(Br)cc1. The molecule has 0 radical (unpaired) electrons. The number of halogens is 1. The molecule has 0 aliphatic heterocycles. The highest BCUT2D eigenvalue weighted by Crippen LogP contribution is 2.16. The Balaban J connectivity index is 1.90. The molecule has 4 heteroatoms. The van der Waals surface area contributed by atoms with E-state index in [9.17, 15) is 9.59 Å². The summed E-state index contributed by atoms with van der Waals surface area (Å²) >= 11 is 3.33. The number of rotatable bonds is 6. The third-order valence-corrected chi connectivity index (χ3v) is 3.95. The molecule has 0 bridgehead atoms. The highest BCUT2D eigenvalue weighted by Gasteiger charge is 2.10. The predicted molar refractivity (Wildman–Crippen MR) is 92.2 cm³/mol. The number of para-hydroxylation sites is 1. The molecule has 2 aromatic carbocycles. The molecule has 2 aromatic rings. The molecule has 1 amide bonds. The van der Waals surface area contributed by atoms with Gasteiger partial charge in [0.1, 0.15) is 0 Å². The zero-order valence-electron chi connectivity index (χ0n) is 12.4. The summed E-state index contributed by atoms with van der Waals surface area (Å²) in [5.74, 6) is -0.155. The molecule has 0 aliphatic rings. The molecule has 0 saturated carbocycles. The predicted octanol–water partition coefficient (Wildman–Crippen LogP) is 4.61. The van der Waals surface area contributed by atoms with Gasteiger partial charge in [0.15, 0.2) is 5.78 Å². The molecule has 0 fully saturated rings. The third-order valence-electron chi connectivity index (χ3n) is 3.42. The second-order valence-electron chi connectivity index (χ2n) is 4.99. The monoisotopic (exact) mass is 359 g/mol. The Bertz CT molecular complexity index is 665. The van der Waals surface area contributed by atoms with Gasteiger partial charge in [0.05, 0.1) is 0 Å². The first-order chi connectivity index (χ1) is 10.6. The molecule has 114 valence electrons. The van der Waals surface area contributed by atoms with Crippen LogP contribution in [0.15, 0.2) is 53.0 Å². The van der Waals surface area contributed by atoms with E-state index >= 15 is 0 Å². The number of hydrogen-bond acceptors (Lipinski definition) is 2. The van der Waals surface area contributed by atoms with Gasteiger partial charge in [-0.3, -0.25) is 9.59 Å². The molecule has 1 N–H and O–H groups in total. The fourth-order valence-electron chi connectivity index (χ4n) is 2.17. The van der Waals surface area contributed by atoms with Crippen molar-refractivity contribution in [2.45, 2.75) is 26.2 Å². The molecule has 0 aromatic heterocycles. The van der Waals surface area contributed by atoms with E-state index in [4.69, 9.17) is 0 Å². The van der Waals surface area contributed by atoms with Crippen LogP contribution in [0.3, 0.4) is 0 Å². The van der Waals surface area contributed by atoms with Crippen LogP contribution < -0.4 is 5.32 Å². The molecule has 0 heterocycles. The van der Waals surface area contributed by atoms with Crippen molar-refractivity contribution in [2.75, 3.05) is 5.32 Å². The quantitative estimate of drug-likeness (QED) is 0.765. The van der Waals surface area contributed by atoms with E-state index < -0.39 is 0 Å². The minimum absolute atomic E-state index is 0.0218. The van der Waals surface area contributed by atoms with Crippen LogP contribution in [0.2, 0.25) is 0 Å². The van der Waals surface area contributed by atoms with Gasteiger partial charge in [0, 0.05) is 28.6 Å². The number of ketones is 1. The Morgan fingerprint density at radius 2 is 1.68 bits per heavy atom. The number of anilines is 1. The molecule has 0 aliphatic carbocycles. The van der Waals surface area contributed by atoms with Gasteiger partial charge >= 0.3 is 0 Å². The van der Waals surface area contributed by atoms with E-state index in [0.717, 1.165) is 22.1 Å². The first kappa shape index (κ1) is 16.4. The number of benzene rings is 2. The lowest BCUT2D eigenvalue weighted by Crippen LogP contribution is -2.14. The maximum absolute atomic E-state index is 12.0. The molecule has 22 heavy (non-hydrogen) atoms. The first-order valence-electron chi connectivity index (χ1n) is 7.26. The number of nitrogens with one attached hydrogen (secondary N) is 1. The number of Topliss-reactive ketones (excluding diaryl/α,β-unsaturated/α-hetero) is 1. The van der Waals surface area contributed by atoms with Crippen molar-refractivity contribution in [1.82, 2.24) is 0 Å². The van der Waals surface area contributed by atoms with Crippen LogP contribution in [-0.4, -0.2) is 11.7 Å². The second kappa shape index (κ2) is 7.90. The lowest BCUT2D eigenvalue weighted by Gasteiger charge is -2.09. The summed E-state index contributed by atoms with van der Waals surface area (Å²) in [5.41, 5.74) is 2.55. The van der Waals surface area contributed by atoms with Crippen LogP contribution in [-0.2, 0) is 11.2 Å². The third kappa shape index (κ3) is 4.53. The van der Waals surface area contributed by atoms with E-state index in [1.807, 2.05) is 43.3 Å². The molecule has 0 saturated heterocycles. The average Bonchev–Trinajstić information content (AvgIpc) is 2.54. The fourth-order valence-corrected chi connectivity index (χ4v) is 2.43. The van der Waals surface area contributed by atoms with E-state index in [1.165, 1.54) is 0 Å². The maximum atomic E-state index is 12.0. The van der Waals surface area contributed by atoms with Crippen LogP contribution in [0.25, 0.3) is 0 Å². The van der Waals surface area contributed by atoms with E-state index in [2.05, 4.69) is 21.2 Å². The van der Waals surface area contributed by atoms with Crippen molar-refractivity contribution in [2.24, 2.45) is 0 Å². The van der Waals surface area contributed by atoms with Crippen molar-refractivity contribution in [3.05, 3.63) is 64.1 Å². The second-order valence-corrected chi connectivity index (χ2v) is 5.90. The normalized spacial score (nSPS) is 10.3. The van der Waals surface area contributed by atoms with Gasteiger partial charge in [0.25, 0.3) is 0 Å². The van der Waals surface area contributed by atoms with Crippen molar-refractivity contribution in [3.8, 4) is 0 Å². The number of amides is 1. The largest absolute Gasteiger partial charge is 0.326 e. The van der Waals surface area contributed by atoms with Gasteiger partial charge in [-0.25, -0.2) is 0 Å². The molecule has 0 unspecified atom stereocenters. The lowest BCUT2D eigenvalue weighted by atomic mass is 10.1. The minimum atomic E-state index is -0.133. The van der Waals surface area contributed by atoms with Crippen molar-refractivity contribution >= 4 is 33.3 Å². The van der Waals surface area contributed by atoms with Gasteiger partial charge in [-0.2, -0.15) is 0 Å². The van der Waals surface area contributed by atoms with Crippen molar-refractivity contribution in [3.63, 3.8) is 0 Å². The Hall–Kier alpha value is -1.94. The fraction of sp³-hybridized carbons (Fsp3) is 0.222. The highest BCUT2D eigenvalue weighted by atomic mass is 79.9. The van der Waals surface area contributed by atoms with Gasteiger partial charge < -0.3 is 5.32 Å². The zero-order chi connectivity index (χ0) is 15.9. The van der Waals surface area contributed by atoms with Crippen LogP contribution in [0.4, 0.5) is 5.69 Å².